The molecule has 4 heterocycles. The van der Waals surface area contributed by atoms with Crippen LogP contribution in [0.1, 0.15) is 34.1 Å². The van der Waals surface area contributed by atoms with Crippen molar-refractivity contribution in [2.24, 2.45) is 16.3 Å². The average molecular weight is 519 g/mol. The van der Waals surface area contributed by atoms with E-state index in [2.05, 4.69) is 27.2 Å². The summed E-state index contributed by atoms with van der Waals surface area (Å²) in [6.45, 7) is 2.13. The van der Waals surface area contributed by atoms with Crippen molar-refractivity contribution >= 4 is 62.4 Å². The van der Waals surface area contributed by atoms with Crippen LogP contribution < -0.4 is 5.32 Å². The van der Waals surface area contributed by atoms with Crippen molar-refractivity contribution in [3.8, 4) is 0 Å². The van der Waals surface area contributed by atoms with E-state index in [1.807, 2.05) is 48.7 Å². The fourth-order valence-corrected chi connectivity index (χ4v) is 8.10. The largest absolute Gasteiger partial charge is 0.361 e. The van der Waals surface area contributed by atoms with Crippen LogP contribution in [0.3, 0.4) is 0 Å². The van der Waals surface area contributed by atoms with Crippen LogP contribution in [-0.2, 0) is 4.79 Å². The molecule has 8 rings (SSSR count). The molecule has 186 valence electrons. The predicted octanol–water partition coefficient (Wildman–Crippen LogP) is 5.44. The van der Waals surface area contributed by atoms with E-state index >= 15 is 0 Å². The molecule has 2 aliphatic heterocycles. The van der Waals surface area contributed by atoms with Crippen molar-refractivity contribution in [3.05, 3.63) is 89.4 Å². The molecule has 2 fully saturated rings. The minimum absolute atomic E-state index is 0.0254. The molecule has 1 spiro atoms. The van der Waals surface area contributed by atoms with Crippen LogP contribution in [0.2, 0.25) is 0 Å². The lowest BCUT2D eigenvalue weighted by Crippen LogP contribution is -2.36. The van der Waals surface area contributed by atoms with E-state index in [1.165, 1.54) is 0 Å². The molecule has 38 heavy (non-hydrogen) atoms. The third-order valence-corrected chi connectivity index (χ3v) is 9.81. The number of carbonyl (C=O) groups is 3. The predicted molar refractivity (Wildman–Crippen MR) is 149 cm³/mol. The molecule has 2 aliphatic carbocycles. The number of thioether (sulfide) groups is 1. The number of Topliss-reactive ketones (excluding diaryl/α,β-unsaturated/α-hetero) is 2. The van der Waals surface area contributed by atoms with Crippen LogP contribution in [0.4, 0.5) is 5.69 Å². The number of amides is 1. The molecule has 4 atom stereocenters. The van der Waals surface area contributed by atoms with Crippen LogP contribution >= 0.6 is 11.8 Å². The molecule has 2 saturated carbocycles. The second kappa shape index (κ2) is 7.45. The number of carbonyl (C=O) groups excluding carboxylic acids is 3. The van der Waals surface area contributed by atoms with Crippen molar-refractivity contribution in [2.75, 3.05) is 5.32 Å². The first-order valence-corrected chi connectivity index (χ1v) is 13.6. The maximum absolute atomic E-state index is 13.6. The molecule has 2 unspecified atom stereocenters. The van der Waals surface area contributed by atoms with Gasteiger partial charge in [0.2, 0.25) is 0 Å². The third-order valence-electron chi connectivity index (χ3n) is 8.39. The number of aromatic amines is 2. The normalized spacial score (nSPS) is 26.9. The number of hydrogen-bond donors (Lipinski definition) is 3. The van der Waals surface area contributed by atoms with E-state index in [4.69, 9.17) is 0 Å². The quantitative estimate of drug-likeness (QED) is 0.247. The SMILES string of the molecule is C[C@@H]1C[C@@H]2SC(C(=O)c3ccc4c(NC(=O)c5ccc6cc[nH]c6c5)c[nH]c4c3)C=C2C23C(=O)C2=CN=C13. The number of allylic oxidation sites excluding steroid dienone is 1. The van der Waals surface area contributed by atoms with Gasteiger partial charge in [0, 0.05) is 62.7 Å². The Morgan fingerprint density at radius 3 is 2.79 bits per heavy atom. The summed E-state index contributed by atoms with van der Waals surface area (Å²) < 4.78 is 0. The monoisotopic (exact) mass is 518 g/mol. The Morgan fingerprint density at radius 1 is 1.08 bits per heavy atom. The van der Waals surface area contributed by atoms with Gasteiger partial charge in [-0.3, -0.25) is 19.4 Å². The summed E-state index contributed by atoms with van der Waals surface area (Å²) in [5.74, 6) is 0.213. The van der Waals surface area contributed by atoms with E-state index in [0.29, 0.717) is 16.8 Å². The molecule has 0 bridgehead atoms. The van der Waals surface area contributed by atoms with Crippen LogP contribution in [0.5, 0.6) is 0 Å². The van der Waals surface area contributed by atoms with Gasteiger partial charge in [0.1, 0.15) is 5.41 Å². The van der Waals surface area contributed by atoms with Crippen LogP contribution in [-0.4, -0.2) is 43.7 Å². The van der Waals surface area contributed by atoms with E-state index in [-0.39, 0.29) is 33.9 Å². The third kappa shape index (κ3) is 2.81. The Labute approximate surface area is 221 Å². The molecular weight excluding hydrogens is 496 g/mol. The fraction of sp³-hybridized carbons (Fsp3) is 0.200. The Bertz CT molecular complexity index is 1860. The number of nitrogens with zero attached hydrogens (tertiary/aromatic N) is 1. The lowest BCUT2D eigenvalue weighted by Gasteiger charge is -2.32. The molecule has 8 heteroatoms. The second-order valence-corrected chi connectivity index (χ2v) is 11.9. The maximum atomic E-state index is 13.6. The Kier molecular flexibility index (Phi) is 4.29. The van der Waals surface area contributed by atoms with Gasteiger partial charge in [-0.2, -0.15) is 0 Å². The first kappa shape index (κ1) is 21.9. The molecule has 0 radical (unpaired) electrons. The molecule has 2 aromatic carbocycles. The van der Waals surface area contributed by atoms with Gasteiger partial charge in [0.15, 0.2) is 11.6 Å². The number of ketones is 2. The zero-order chi connectivity index (χ0) is 25.8. The summed E-state index contributed by atoms with van der Waals surface area (Å²) >= 11 is 1.65. The van der Waals surface area contributed by atoms with Crippen molar-refractivity contribution in [1.29, 1.82) is 0 Å². The number of benzene rings is 2. The molecule has 0 saturated heterocycles. The Hall–Kier alpha value is -4.17. The van der Waals surface area contributed by atoms with E-state index in [0.717, 1.165) is 45.1 Å². The van der Waals surface area contributed by atoms with Gasteiger partial charge >= 0.3 is 0 Å². The summed E-state index contributed by atoms with van der Waals surface area (Å²) in [6, 6.07) is 13.0. The molecule has 2 aromatic heterocycles. The van der Waals surface area contributed by atoms with Crippen molar-refractivity contribution < 1.29 is 14.4 Å². The maximum Gasteiger partial charge on any atom is 0.255 e. The van der Waals surface area contributed by atoms with E-state index in [1.54, 1.807) is 30.2 Å². The topological polar surface area (TPSA) is 107 Å². The Balaban J connectivity index is 1.05. The summed E-state index contributed by atoms with van der Waals surface area (Å²) in [7, 11) is 0. The summed E-state index contributed by atoms with van der Waals surface area (Å²) in [5, 5.41) is 4.69. The molecule has 7 nitrogen and oxygen atoms in total. The fourth-order valence-electron chi connectivity index (χ4n) is 6.46. The van der Waals surface area contributed by atoms with Gasteiger partial charge in [0.25, 0.3) is 5.91 Å². The number of fused-ring (bicyclic) bond motifs is 3. The van der Waals surface area contributed by atoms with Gasteiger partial charge in [-0.15, -0.1) is 11.8 Å². The van der Waals surface area contributed by atoms with E-state index < -0.39 is 5.41 Å². The Morgan fingerprint density at radius 2 is 1.92 bits per heavy atom. The van der Waals surface area contributed by atoms with Crippen molar-refractivity contribution in [2.45, 2.75) is 23.8 Å². The minimum atomic E-state index is -0.633. The highest BCUT2D eigenvalue weighted by atomic mass is 32.2. The first-order valence-electron chi connectivity index (χ1n) is 12.7. The average Bonchev–Trinajstić information content (AvgIpc) is 3.54. The number of anilines is 1. The number of nitrogens with one attached hydrogen (secondary N) is 3. The van der Waals surface area contributed by atoms with Crippen LogP contribution in [0.25, 0.3) is 21.8 Å². The zero-order valence-corrected chi connectivity index (χ0v) is 21.2. The minimum Gasteiger partial charge on any atom is -0.361 e. The lowest BCUT2D eigenvalue weighted by atomic mass is 9.73. The highest BCUT2D eigenvalue weighted by Crippen LogP contribution is 2.66. The van der Waals surface area contributed by atoms with Gasteiger partial charge in [0.05, 0.1) is 10.9 Å². The van der Waals surface area contributed by atoms with Gasteiger partial charge in [-0.25, -0.2) is 0 Å². The zero-order valence-electron chi connectivity index (χ0n) is 20.4. The molecule has 1 amide bonds. The molecular formula is C30H22N4O3S. The number of aliphatic imine (C=N–C) groups is 1. The first-order chi connectivity index (χ1) is 18.4. The summed E-state index contributed by atoms with van der Waals surface area (Å²) in [5.41, 5.74) is 5.69. The van der Waals surface area contributed by atoms with Gasteiger partial charge in [-0.05, 0) is 47.6 Å². The molecule has 4 aromatic rings. The second-order valence-electron chi connectivity index (χ2n) is 10.5. The standard InChI is InChI=1S/C30H22N4O3S/c1-14-8-24-19(30-20(28(30)36)12-33-27(14)30)11-25(38-24)26(35)16-4-5-18-22(9-16)32-13-23(18)34-29(37)17-3-2-15-6-7-31-21(15)10-17/h2-7,9-14,24-25,31-32H,8H2,1H3,(H,34,37)/t14-,24+,25?,30?/m1/s1. The van der Waals surface area contributed by atoms with E-state index in [9.17, 15) is 14.4 Å². The lowest BCUT2D eigenvalue weighted by molar-refractivity contribution is -0.110. The smallest absolute Gasteiger partial charge is 0.255 e. The number of H-pyrrole nitrogens is 2. The van der Waals surface area contributed by atoms with Gasteiger partial charge in [-0.1, -0.05) is 31.2 Å². The number of aromatic nitrogens is 2. The molecule has 4 aliphatic rings. The summed E-state index contributed by atoms with van der Waals surface area (Å²) in [4.78, 5) is 50.1. The van der Waals surface area contributed by atoms with Crippen LogP contribution in [0, 0.1) is 11.3 Å². The van der Waals surface area contributed by atoms with Gasteiger partial charge < -0.3 is 15.3 Å². The highest BCUT2D eigenvalue weighted by molar-refractivity contribution is 8.01. The van der Waals surface area contributed by atoms with Crippen molar-refractivity contribution in [1.82, 2.24) is 9.97 Å². The van der Waals surface area contributed by atoms with Crippen molar-refractivity contribution in [3.63, 3.8) is 0 Å². The van der Waals surface area contributed by atoms with Crippen LogP contribution in [0.15, 0.2) is 83.3 Å². The number of rotatable bonds is 4. The summed E-state index contributed by atoms with van der Waals surface area (Å²) in [6.07, 6.45) is 8.24. The number of hydrogen-bond acceptors (Lipinski definition) is 5. The highest BCUT2D eigenvalue weighted by Gasteiger charge is 2.72. The molecule has 3 N–H and O–H groups in total.